The Labute approximate surface area is 122 Å². The van der Waals surface area contributed by atoms with Crippen molar-refractivity contribution >= 4 is 17.3 Å². The predicted molar refractivity (Wildman–Crippen MR) is 79.8 cm³/mol. The number of hydrogen-bond donors (Lipinski definition) is 1. The van der Waals surface area contributed by atoms with Crippen LogP contribution in [0.4, 0.5) is 0 Å². The zero-order valence-electron chi connectivity index (χ0n) is 11.9. The van der Waals surface area contributed by atoms with Gasteiger partial charge in [0.05, 0.1) is 12.8 Å². The normalized spacial score (nSPS) is 11.4. The van der Waals surface area contributed by atoms with E-state index >= 15 is 0 Å². The minimum atomic E-state index is -0.929. The molecule has 0 aliphatic heterocycles. The summed E-state index contributed by atoms with van der Waals surface area (Å²) in [7, 11) is 1.60. The van der Waals surface area contributed by atoms with Crippen LogP contribution in [-0.2, 0) is 5.41 Å². The van der Waals surface area contributed by atoms with Crippen LogP contribution in [0.3, 0.4) is 0 Å². The molecule has 0 radical (unpaired) electrons. The molecule has 0 spiro atoms. The van der Waals surface area contributed by atoms with E-state index in [9.17, 15) is 9.90 Å². The number of ether oxygens (including phenoxy) is 1. The number of carbonyl (C=O) groups is 1. The number of aromatic nitrogens is 1. The minimum absolute atomic E-state index is 0.301. The maximum atomic E-state index is 11.4. The van der Waals surface area contributed by atoms with Gasteiger partial charge in [0, 0.05) is 11.0 Å². The lowest BCUT2D eigenvalue weighted by Crippen LogP contribution is -2.16. The zero-order chi connectivity index (χ0) is 14.9. The summed E-state index contributed by atoms with van der Waals surface area (Å²) in [4.78, 5) is 16.2. The maximum Gasteiger partial charge on any atom is 0.347 e. The summed E-state index contributed by atoms with van der Waals surface area (Å²) in [5, 5.41) is 10.0. The predicted octanol–water partition coefficient (Wildman–Crippen LogP) is 3.81. The highest BCUT2D eigenvalue weighted by Crippen LogP contribution is 2.35. The third-order valence-corrected chi connectivity index (χ3v) is 3.94. The van der Waals surface area contributed by atoms with Gasteiger partial charge in [0.25, 0.3) is 0 Å². The second kappa shape index (κ2) is 5.25. The lowest BCUT2D eigenvalue weighted by atomic mass is 9.91. The van der Waals surface area contributed by atoms with Crippen molar-refractivity contribution in [3.63, 3.8) is 0 Å². The highest BCUT2D eigenvalue weighted by Gasteiger charge is 2.27. The van der Waals surface area contributed by atoms with Crippen molar-refractivity contribution in [2.45, 2.75) is 26.2 Å². The number of thiazole rings is 1. The minimum Gasteiger partial charge on any atom is -0.497 e. The molecule has 2 aromatic rings. The largest absolute Gasteiger partial charge is 0.497 e. The number of carboxylic acid groups (broad SMARTS) is 1. The van der Waals surface area contributed by atoms with Crippen LogP contribution in [0.25, 0.3) is 10.6 Å². The summed E-state index contributed by atoms with van der Waals surface area (Å²) in [6.07, 6.45) is 0. The van der Waals surface area contributed by atoms with Crippen LogP contribution in [0.15, 0.2) is 24.3 Å². The van der Waals surface area contributed by atoms with Crippen LogP contribution >= 0.6 is 11.3 Å². The second-order valence-corrected chi connectivity index (χ2v) is 6.48. The zero-order valence-corrected chi connectivity index (χ0v) is 12.7. The van der Waals surface area contributed by atoms with Gasteiger partial charge in [-0.25, -0.2) is 9.78 Å². The number of aromatic carboxylic acids is 1. The Bertz CT molecular complexity index is 641. The number of benzene rings is 1. The molecule has 0 amide bonds. The van der Waals surface area contributed by atoms with E-state index in [0.717, 1.165) is 11.3 Å². The van der Waals surface area contributed by atoms with E-state index in [-0.39, 0.29) is 5.41 Å². The standard InChI is InChI=1S/C15H17NO3S/c1-15(2,3)12-11(14(17)18)20-13(16-12)9-6-5-7-10(8-9)19-4/h5-8H,1-4H3,(H,17,18). The molecule has 0 atom stereocenters. The van der Waals surface area contributed by atoms with E-state index < -0.39 is 5.97 Å². The number of methoxy groups -OCH3 is 1. The Kier molecular flexibility index (Phi) is 3.81. The van der Waals surface area contributed by atoms with Crippen molar-refractivity contribution in [1.82, 2.24) is 4.98 Å². The van der Waals surface area contributed by atoms with Crippen LogP contribution < -0.4 is 4.74 Å². The SMILES string of the molecule is COc1cccc(-c2nc(C(C)(C)C)c(C(=O)O)s2)c1. The number of rotatable bonds is 3. The molecule has 0 bridgehead atoms. The lowest BCUT2D eigenvalue weighted by molar-refractivity contribution is 0.0699. The smallest absolute Gasteiger partial charge is 0.347 e. The Morgan fingerprint density at radius 1 is 1.35 bits per heavy atom. The quantitative estimate of drug-likeness (QED) is 0.934. The van der Waals surface area contributed by atoms with Crippen LogP contribution in [0.5, 0.6) is 5.75 Å². The molecule has 20 heavy (non-hydrogen) atoms. The Morgan fingerprint density at radius 3 is 2.55 bits per heavy atom. The summed E-state index contributed by atoms with van der Waals surface area (Å²) < 4.78 is 5.19. The first-order chi connectivity index (χ1) is 9.32. The second-order valence-electron chi connectivity index (χ2n) is 5.48. The van der Waals surface area contributed by atoms with Gasteiger partial charge >= 0.3 is 5.97 Å². The van der Waals surface area contributed by atoms with E-state index in [0.29, 0.717) is 15.6 Å². The summed E-state index contributed by atoms with van der Waals surface area (Å²) in [5.41, 5.74) is 1.18. The first kappa shape index (κ1) is 14.5. The van der Waals surface area contributed by atoms with E-state index in [1.54, 1.807) is 7.11 Å². The van der Waals surface area contributed by atoms with Gasteiger partial charge in [-0.3, -0.25) is 0 Å². The van der Waals surface area contributed by atoms with Gasteiger partial charge in [0.1, 0.15) is 15.6 Å². The van der Waals surface area contributed by atoms with E-state index in [1.807, 2.05) is 45.0 Å². The molecule has 2 rings (SSSR count). The molecule has 5 heteroatoms. The van der Waals surface area contributed by atoms with Gasteiger partial charge in [-0.15, -0.1) is 11.3 Å². The summed E-state index contributed by atoms with van der Waals surface area (Å²) in [6.45, 7) is 5.89. The first-order valence-electron chi connectivity index (χ1n) is 6.22. The maximum absolute atomic E-state index is 11.4. The van der Waals surface area contributed by atoms with Crippen molar-refractivity contribution in [3.05, 3.63) is 34.8 Å². The fourth-order valence-corrected chi connectivity index (χ4v) is 2.96. The first-order valence-corrected chi connectivity index (χ1v) is 7.03. The van der Waals surface area contributed by atoms with Gasteiger partial charge in [-0.05, 0) is 12.1 Å². The highest BCUT2D eigenvalue weighted by molar-refractivity contribution is 7.17. The summed E-state index contributed by atoms with van der Waals surface area (Å²) in [6, 6.07) is 7.48. The van der Waals surface area contributed by atoms with Crippen LogP contribution in [0, 0.1) is 0 Å². The van der Waals surface area contributed by atoms with Gasteiger partial charge in [0.15, 0.2) is 0 Å². The molecule has 0 saturated heterocycles. The summed E-state index contributed by atoms with van der Waals surface area (Å²) >= 11 is 1.20. The number of carboxylic acids is 1. The molecule has 1 aromatic heterocycles. The molecule has 0 saturated carbocycles. The number of hydrogen-bond acceptors (Lipinski definition) is 4. The Balaban J connectivity index is 2.56. The van der Waals surface area contributed by atoms with Crippen molar-refractivity contribution in [2.75, 3.05) is 7.11 Å². The highest BCUT2D eigenvalue weighted by atomic mass is 32.1. The number of nitrogens with zero attached hydrogens (tertiary/aromatic N) is 1. The third-order valence-electron chi connectivity index (χ3n) is 2.85. The topological polar surface area (TPSA) is 59.4 Å². The third kappa shape index (κ3) is 2.82. The van der Waals surface area contributed by atoms with Gasteiger partial charge in [-0.2, -0.15) is 0 Å². The Hall–Kier alpha value is -1.88. The average Bonchev–Trinajstić information content (AvgIpc) is 2.84. The molecule has 1 aromatic carbocycles. The molecular formula is C15H17NO3S. The Morgan fingerprint density at radius 2 is 2.05 bits per heavy atom. The molecule has 4 nitrogen and oxygen atoms in total. The van der Waals surface area contributed by atoms with E-state index in [1.165, 1.54) is 11.3 Å². The van der Waals surface area contributed by atoms with Crippen LogP contribution in [0.1, 0.15) is 36.1 Å². The van der Waals surface area contributed by atoms with Gasteiger partial charge in [0.2, 0.25) is 0 Å². The van der Waals surface area contributed by atoms with Crippen molar-refractivity contribution < 1.29 is 14.6 Å². The molecule has 0 fully saturated rings. The molecule has 1 N–H and O–H groups in total. The molecule has 1 heterocycles. The van der Waals surface area contributed by atoms with E-state index in [2.05, 4.69) is 4.98 Å². The molecule has 106 valence electrons. The summed E-state index contributed by atoms with van der Waals surface area (Å²) in [5.74, 6) is -0.201. The monoisotopic (exact) mass is 291 g/mol. The molecule has 0 unspecified atom stereocenters. The fraction of sp³-hybridized carbons (Fsp3) is 0.333. The van der Waals surface area contributed by atoms with Crippen molar-refractivity contribution in [3.8, 4) is 16.3 Å². The van der Waals surface area contributed by atoms with Crippen molar-refractivity contribution in [2.24, 2.45) is 0 Å². The van der Waals surface area contributed by atoms with Gasteiger partial charge in [-0.1, -0.05) is 32.9 Å². The molecular weight excluding hydrogens is 274 g/mol. The lowest BCUT2D eigenvalue weighted by Gasteiger charge is -2.16. The fourth-order valence-electron chi connectivity index (χ4n) is 1.85. The molecule has 0 aliphatic carbocycles. The average molecular weight is 291 g/mol. The van der Waals surface area contributed by atoms with Crippen LogP contribution in [0.2, 0.25) is 0 Å². The molecule has 0 aliphatic rings. The van der Waals surface area contributed by atoms with Crippen LogP contribution in [-0.4, -0.2) is 23.2 Å². The van der Waals surface area contributed by atoms with Gasteiger partial charge < -0.3 is 9.84 Å². The van der Waals surface area contributed by atoms with Crippen molar-refractivity contribution in [1.29, 1.82) is 0 Å². The van der Waals surface area contributed by atoms with E-state index in [4.69, 9.17) is 4.74 Å².